The number of nitrogens with one attached hydrogen (secondary N) is 1. The highest BCUT2D eigenvalue weighted by atomic mass is 16.5. The van der Waals surface area contributed by atoms with E-state index in [4.69, 9.17) is 9.47 Å². The number of nitrogens with zero attached hydrogens (tertiary/aromatic N) is 4. The minimum absolute atomic E-state index is 0.0391. The van der Waals surface area contributed by atoms with E-state index >= 15 is 0 Å². The van der Waals surface area contributed by atoms with Crippen molar-refractivity contribution < 1.29 is 14.3 Å². The molecule has 0 spiro atoms. The summed E-state index contributed by atoms with van der Waals surface area (Å²) >= 11 is 0. The van der Waals surface area contributed by atoms with E-state index in [-0.39, 0.29) is 11.8 Å². The van der Waals surface area contributed by atoms with Crippen LogP contribution in [0.2, 0.25) is 0 Å². The molecule has 2 aromatic carbocycles. The van der Waals surface area contributed by atoms with Gasteiger partial charge in [-0.3, -0.25) is 4.79 Å². The van der Waals surface area contributed by atoms with Crippen LogP contribution < -0.4 is 19.9 Å². The molecule has 0 atom stereocenters. The Bertz CT molecular complexity index is 1140. The van der Waals surface area contributed by atoms with Crippen LogP contribution >= 0.6 is 0 Å². The van der Waals surface area contributed by atoms with Gasteiger partial charge in [0.1, 0.15) is 5.75 Å². The fourth-order valence-corrected chi connectivity index (χ4v) is 4.69. The number of aromatic nitrogens is 2. The maximum atomic E-state index is 12.9. The van der Waals surface area contributed by atoms with Crippen LogP contribution in [-0.4, -0.2) is 55.3 Å². The molecule has 2 aliphatic rings. The second kappa shape index (κ2) is 11.4. The van der Waals surface area contributed by atoms with Crippen LogP contribution in [0.15, 0.2) is 60.9 Å². The van der Waals surface area contributed by atoms with Gasteiger partial charge in [0.2, 0.25) is 5.91 Å². The van der Waals surface area contributed by atoms with Crippen molar-refractivity contribution in [3.05, 3.63) is 66.5 Å². The van der Waals surface area contributed by atoms with E-state index in [1.807, 2.05) is 24.3 Å². The van der Waals surface area contributed by atoms with E-state index < -0.39 is 0 Å². The third kappa shape index (κ3) is 5.76. The molecule has 188 valence electrons. The summed E-state index contributed by atoms with van der Waals surface area (Å²) in [5, 5.41) is 3.10. The SMILES string of the molecule is CCc1ccc(Oc2nccnc2N2CCC(C(=O)Nc3ccc(N4CCOCC4)cc3)CC2)cc1. The van der Waals surface area contributed by atoms with Crippen LogP contribution in [0.4, 0.5) is 17.2 Å². The fraction of sp³-hybridized carbons (Fsp3) is 0.393. The van der Waals surface area contributed by atoms with Crippen molar-refractivity contribution >= 4 is 23.1 Å². The molecule has 36 heavy (non-hydrogen) atoms. The van der Waals surface area contributed by atoms with E-state index in [2.05, 4.69) is 56.3 Å². The predicted octanol–water partition coefficient (Wildman–Crippen LogP) is 4.52. The second-order valence-corrected chi connectivity index (χ2v) is 9.18. The molecule has 2 aliphatic heterocycles. The van der Waals surface area contributed by atoms with E-state index in [1.165, 1.54) is 5.56 Å². The molecule has 0 unspecified atom stereocenters. The van der Waals surface area contributed by atoms with Gasteiger partial charge < -0.3 is 24.6 Å². The number of morpholine rings is 1. The average molecular weight is 488 g/mol. The zero-order valence-electron chi connectivity index (χ0n) is 20.7. The number of carbonyl (C=O) groups excluding carboxylic acids is 1. The zero-order chi connectivity index (χ0) is 24.7. The first-order valence-electron chi connectivity index (χ1n) is 12.8. The van der Waals surface area contributed by atoms with Crippen LogP contribution in [0.3, 0.4) is 0 Å². The molecule has 3 heterocycles. The maximum Gasteiger partial charge on any atom is 0.263 e. The number of ether oxygens (including phenoxy) is 2. The van der Waals surface area contributed by atoms with Crippen molar-refractivity contribution in [3.63, 3.8) is 0 Å². The molecular weight excluding hydrogens is 454 g/mol. The van der Waals surface area contributed by atoms with Crippen molar-refractivity contribution in [1.29, 1.82) is 0 Å². The molecule has 3 aromatic rings. The van der Waals surface area contributed by atoms with Crippen LogP contribution in [-0.2, 0) is 16.0 Å². The summed E-state index contributed by atoms with van der Waals surface area (Å²) in [7, 11) is 0. The van der Waals surface area contributed by atoms with Gasteiger partial charge in [-0.05, 0) is 61.2 Å². The molecule has 0 saturated carbocycles. The van der Waals surface area contributed by atoms with Crippen molar-refractivity contribution in [3.8, 4) is 11.6 Å². The van der Waals surface area contributed by atoms with Crippen molar-refractivity contribution in [2.45, 2.75) is 26.2 Å². The second-order valence-electron chi connectivity index (χ2n) is 9.18. The molecule has 2 saturated heterocycles. The first-order valence-corrected chi connectivity index (χ1v) is 12.8. The number of hydrogen-bond donors (Lipinski definition) is 1. The van der Waals surface area contributed by atoms with Gasteiger partial charge in [-0.2, -0.15) is 0 Å². The number of rotatable bonds is 7. The number of piperidine rings is 1. The molecular formula is C28H33N5O3. The predicted molar refractivity (Wildman–Crippen MR) is 141 cm³/mol. The number of hydrogen-bond acceptors (Lipinski definition) is 7. The molecule has 1 amide bonds. The lowest BCUT2D eigenvalue weighted by Crippen LogP contribution is -2.38. The van der Waals surface area contributed by atoms with Crippen LogP contribution in [0.25, 0.3) is 0 Å². The number of carbonyl (C=O) groups is 1. The summed E-state index contributed by atoms with van der Waals surface area (Å²) in [5.41, 5.74) is 3.25. The third-order valence-electron chi connectivity index (χ3n) is 6.87. The molecule has 1 N–H and O–H groups in total. The van der Waals surface area contributed by atoms with Crippen molar-refractivity contribution in [1.82, 2.24) is 9.97 Å². The van der Waals surface area contributed by atoms with Gasteiger partial charge in [-0.1, -0.05) is 19.1 Å². The van der Waals surface area contributed by atoms with Gasteiger partial charge in [-0.15, -0.1) is 0 Å². The molecule has 2 fully saturated rings. The Morgan fingerprint density at radius 1 is 0.944 bits per heavy atom. The highest BCUT2D eigenvalue weighted by Crippen LogP contribution is 2.31. The lowest BCUT2D eigenvalue weighted by Gasteiger charge is -2.32. The van der Waals surface area contributed by atoms with Gasteiger partial charge >= 0.3 is 0 Å². The number of amides is 1. The number of aryl methyl sites for hydroxylation is 1. The Morgan fingerprint density at radius 3 is 2.33 bits per heavy atom. The topological polar surface area (TPSA) is 79.8 Å². The van der Waals surface area contributed by atoms with Gasteiger partial charge in [0.15, 0.2) is 5.82 Å². The number of benzene rings is 2. The van der Waals surface area contributed by atoms with Crippen LogP contribution in [0, 0.1) is 5.92 Å². The summed E-state index contributed by atoms with van der Waals surface area (Å²) in [6.07, 6.45) is 5.81. The quantitative estimate of drug-likeness (QED) is 0.525. The molecule has 1 aromatic heterocycles. The highest BCUT2D eigenvalue weighted by Gasteiger charge is 2.27. The molecule has 0 bridgehead atoms. The average Bonchev–Trinajstić information content (AvgIpc) is 2.95. The van der Waals surface area contributed by atoms with Gasteiger partial charge in [0.05, 0.1) is 13.2 Å². The fourth-order valence-electron chi connectivity index (χ4n) is 4.69. The first-order chi connectivity index (χ1) is 17.7. The van der Waals surface area contributed by atoms with E-state index in [0.29, 0.717) is 5.88 Å². The van der Waals surface area contributed by atoms with Crippen molar-refractivity contribution in [2.75, 3.05) is 54.5 Å². The van der Waals surface area contributed by atoms with E-state index in [1.54, 1.807) is 12.4 Å². The Hall–Kier alpha value is -3.65. The molecule has 8 nitrogen and oxygen atoms in total. The normalized spacial score (nSPS) is 16.6. The summed E-state index contributed by atoms with van der Waals surface area (Å²) < 4.78 is 11.5. The number of anilines is 3. The molecule has 0 radical (unpaired) electrons. The monoisotopic (exact) mass is 487 g/mol. The van der Waals surface area contributed by atoms with Crippen LogP contribution in [0.5, 0.6) is 11.6 Å². The van der Waals surface area contributed by atoms with Crippen LogP contribution in [0.1, 0.15) is 25.3 Å². The standard InChI is InChI=1S/C28H33N5O3/c1-2-21-3-9-25(10-4-21)36-28-26(29-13-14-30-28)33-15-11-22(12-16-33)27(34)31-23-5-7-24(8-6-23)32-17-19-35-20-18-32/h3-10,13-14,22H,2,11-12,15-20H2,1H3,(H,31,34). The Morgan fingerprint density at radius 2 is 1.64 bits per heavy atom. The smallest absolute Gasteiger partial charge is 0.263 e. The van der Waals surface area contributed by atoms with Crippen molar-refractivity contribution in [2.24, 2.45) is 5.92 Å². The Kier molecular flexibility index (Phi) is 7.61. The Balaban J connectivity index is 1.16. The third-order valence-corrected chi connectivity index (χ3v) is 6.87. The molecule has 8 heteroatoms. The summed E-state index contributed by atoms with van der Waals surface area (Å²) in [4.78, 5) is 26.4. The molecule has 0 aliphatic carbocycles. The first kappa shape index (κ1) is 24.1. The van der Waals surface area contributed by atoms with E-state index in [0.717, 1.165) is 81.6 Å². The largest absolute Gasteiger partial charge is 0.436 e. The lowest BCUT2D eigenvalue weighted by molar-refractivity contribution is -0.120. The summed E-state index contributed by atoms with van der Waals surface area (Å²) in [6.45, 7) is 6.87. The van der Waals surface area contributed by atoms with Gasteiger partial charge in [0, 0.05) is 55.9 Å². The minimum Gasteiger partial charge on any atom is -0.436 e. The summed E-state index contributed by atoms with van der Waals surface area (Å²) in [6, 6.07) is 16.1. The Labute approximate surface area is 212 Å². The minimum atomic E-state index is -0.0391. The highest BCUT2D eigenvalue weighted by molar-refractivity contribution is 5.92. The van der Waals surface area contributed by atoms with Gasteiger partial charge in [-0.25, -0.2) is 9.97 Å². The maximum absolute atomic E-state index is 12.9. The van der Waals surface area contributed by atoms with E-state index in [9.17, 15) is 4.79 Å². The van der Waals surface area contributed by atoms with Gasteiger partial charge in [0.25, 0.3) is 5.88 Å². The molecule has 5 rings (SSSR count). The lowest BCUT2D eigenvalue weighted by atomic mass is 9.96. The zero-order valence-corrected chi connectivity index (χ0v) is 20.7. The summed E-state index contributed by atoms with van der Waals surface area (Å²) in [5.74, 6) is 1.98.